The highest BCUT2D eigenvalue weighted by molar-refractivity contribution is 5.96. The van der Waals surface area contributed by atoms with Crippen molar-refractivity contribution in [2.75, 3.05) is 6.54 Å². The minimum atomic E-state index is -0.312. The first-order valence-corrected chi connectivity index (χ1v) is 11.2. The van der Waals surface area contributed by atoms with E-state index >= 15 is 0 Å². The van der Waals surface area contributed by atoms with Gasteiger partial charge in [0, 0.05) is 18.0 Å². The molecule has 3 atom stereocenters. The molecule has 2 aliphatic heterocycles. The maximum absolute atomic E-state index is 13.7. The van der Waals surface area contributed by atoms with Crippen molar-refractivity contribution in [3.63, 3.8) is 0 Å². The van der Waals surface area contributed by atoms with E-state index in [1.807, 2.05) is 17.0 Å². The van der Waals surface area contributed by atoms with Crippen molar-refractivity contribution >= 4 is 17.7 Å². The number of amides is 3. The summed E-state index contributed by atoms with van der Waals surface area (Å²) in [6, 6.07) is 14.7. The summed E-state index contributed by atoms with van der Waals surface area (Å²) < 4.78 is 13.7. The standard InChI is InChI=1S/C25H28FN3O3/c26-19-10-6-7-17(13-19)14-20-15-21-22(11-4-5-12-23(30)28-21)29(20)24(31)16-27-25(32)18-8-2-1-3-9-18/h1-3,6-10,13,20-22H,4-5,11-12,14-16H2,(H,27,32)(H,28,30)/t20-,21+,22-/m1/s1. The summed E-state index contributed by atoms with van der Waals surface area (Å²) in [6.45, 7) is -0.120. The highest BCUT2D eigenvalue weighted by atomic mass is 19.1. The van der Waals surface area contributed by atoms with Gasteiger partial charge in [0.1, 0.15) is 5.82 Å². The second-order valence-corrected chi connectivity index (χ2v) is 8.56. The molecule has 0 radical (unpaired) electrons. The molecule has 2 heterocycles. The van der Waals surface area contributed by atoms with Crippen molar-refractivity contribution in [2.24, 2.45) is 0 Å². The van der Waals surface area contributed by atoms with Crippen LogP contribution >= 0.6 is 0 Å². The molecule has 0 bridgehead atoms. The highest BCUT2D eigenvalue weighted by Gasteiger charge is 2.44. The lowest BCUT2D eigenvalue weighted by Gasteiger charge is -2.33. The maximum atomic E-state index is 13.7. The Morgan fingerprint density at radius 2 is 1.91 bits per heavy atom. The van der Waals surface area contributed by atoms with Gasteiger partial charge in [0.05, 0.1) is 18.6 Å². The van der Waals surface area contributed by atoms with Gasteiger partial charge in [-0.05, 0) is 55.5 Å². The van der Waals surface area contributed by atoms with Crippen LogP contribution in [0.3, 0.4) is 0 Å². The van der Waals surface area contributed by atoms with Crippen LogP contribution < -0.4 is 10.6 Å². The lowest BCUT2D eigenvalue weighted by molar-refractivity contribution is -0.134. The predicted octanol–water partition coefficient (Wildman–Crippen LogP) is 2.83. The smallest absolute Gasteiger partial charge is 0.251 e. The van der Waals surface area contributed by atoms with Crippen LogP contribution in [0, 0.1) is 5.82 Å². The number of hydrogen-bond donors (Lipinski definition) is 2. The zero-order valence-corrected chi connectivity index (χ0v) is 17.9. The van der Waals surface area contributed by atoms with E-state index < -0.39 is 0 Å². The van der Waals surface area contributed by atoms with Crippen LogP contribution in [0.5, 0.6) is 0 Å². The zero-order valence-electron chi connectivity index (χ0n) is 17.9. The Labute approximate surface area is 187 Å². The largest absolute Gasteiger partial charge is 0.351 e. The number of likely N-dealkylation sites (tertiary alicyclic amines) is 1. The van der Waals surface area contributed by atoms with Gasteiger partial charge >= 0.3 is 0 Å². The number of nitrogens with one attached hydrogen (secondary N) is 2. The molecule has 2 saturated heterocycles. The van der Waals surface area contributed by atoms with Crippen molar-refractivity contribution in [1.82, 2.24) is 15.5 Å². The summed E-state index contributed by atoms with van der Waals surface area (Å²) in [5.41, 5.74) is 1.30. The minimum absolute atomic E-state index is 0.0101. The molecule has 2 fully saturated rings. The molecule has 0 aromatic heterocycles. The van der Waals surface area contributed by atoms with E-state index in [9.17, 15) is 18.8 Å². The molecule has 0 unspecified atom stereocenters. The summed E-state index contributed by atoms with van der Waals surface area (Å²) in [6.07, 6.45) is 4.06. The normalized spacial score (nSPS) is 23.0. The first-order chi connectivity index (χ1) is 15.5. The lowest BCUT2D eigenvalue weighted by Crippen LogP contribution is -2.51. The van der Waals surface area contributed by atoms with Gasteiger partial charge in [-0.25, -0.2) is 4.39 Å². The van der Waals surface area contributed by atoms with E-state index in [2.05, 4.69) is 10.6 Å². The van der Waals surface area contributed by atoms with Crippen molar-refractivity contribution in [2.45, 2.75) is 56.7 Å². The second kappa shape index (κ2) is 9.94. The Bertz CT molecular complexity index is 981. The molecule has 0 aliphatic carbocycles. The zero-order chi connectivity index (χ0) is 22.5. The van der Waals surface area contributed by atoms with Gasteiger partial charge in [0.15, 0.2) is 0 Å². The molecule has 168 valence electrons. The maximum Gasteiger partial charge on any atom is 0.251 e. The summed E-state index contributed by atoms with van der Waals surface area (Å²) in [4.78, 5) is 39.8. The molecule has 0 saturated carbocycles. The van der Waals surface area contributed by atoms with Crippen LogP contribution in [0.1, 0.15) is 48.0 Å². The average molecular weight is 438 g/mol. The number of carbonyl (C=O) groups excluding carboxylic acids is 3. The van der Waals surface area contributed by atoms with Gasteiger partial charge in [0.2, 0.25) is 11.8 Å². The molecule has 2 aromatic carbocycles. The fourth-order valence-electron chi connectivity index (χ4n) is 4.89. The molecule has 6 nitrogen and oxygen atoms in total. The number of benzene rings is 2. The van der Waals surface area contributed by atoms with E-state index in [0.717, 1.165) is 24.8 Å². The molecule has 4 rings (SSSR count). The van der Waals surface area contributed by atoms with Gasteiger partial charge in [-0.3, -0.25) is 14.4 Å². The third kappa shape index (κ3) is 5.15. The van der Waals surface area contributed by atoms with Crippen LogP contribution in [0.25, 0.3) is 0 Å². The number of halogens is 1. The molecule has 2 N–H and O–H groups in total. The third-order valence-electron chi connectivity index (χ3n) is 6.33. The van der Waals surface area contributed by atoms with Gasteiger partial charge in [0.25, 0.3) is 5.91 Å². The number of rotatable bonds is 5. The van der Waals surface area contributed by atoms with Gasteiger partial charge in [-0.2, -0.15) is 0 Å². The van der Waals surface area contributed by atoms with E-state index in [0.29, 0.717) is 24.8 Å². The topological polar surface area (TPSA) is 78.5 Å². The number of nitrogens with zero attached hydrogens (tertiary/aromatic N) is 1. The van der Waals surface area contributed by atoms with Crippen LogP contribution in [0.2, 0.25) is 0 Å². The van der Waals surface area contributed by atoms with Crippen molar-refractivity contribution < 1.29 is 18.8 Å². The number of carbonyl (C=O) groups is 3. The van der Waals surface area contributed by atoms with E-state index in [-0.39, 0.29) is 48.2 Å². The molecular formula is C25H28FN3O3. The van der Waals surface area contributed by atoms with Crippen LogP contribution in [0.15, 0.2) is 54.6 Å². The van der Waals surface area contributed by atoms with Gasteiger partial charge < -0.3 is 15.5 Å². The fraction of sp³-hybridized carbons (Fsp3) is 0.400. The number of fused-ring (bicyclic) bond motifs is 1. The number of hydrogen-bond acceptors (Lipinski definition) is 3. The first kappa shape index (κ1) is 22.0. The van der Waals surface area contributed by atoms with E-state index in [1.165, 1.54) is 12.1 Å². The predicted molar refractivity (Wildman–Crippen MR) is 118 cm³/mol. The molecule has 2 aromatic rings. The Kier molecular flexibility index (Phi) is 6.83. The molecule has 2 aliphatic rings. The third-order valence-corrected chi connectivity index (χ3v) is 6.33. The average Bonchev–Trinajstić information content (AvgIpc) is 3.09. The first-order valence-electron chi connectivity index (χ1n) is 11.2. The summed E-state index contributed by atoms with van der Waals surface area (Å²) in [7, 11) is 0. The fourth-order valence-corrected chi connectivity index (χ4v) is 4.89. The van der Waals surface area contributed by atoms with Crippen LogP contribution in [-0.4, -0.2) is 47.3 Å². The molecular weight excluding hydrogens is 409 g/mol. The monoisotopic (exact) mass is 437 g/mol. The summed E-state index contributed by atoms with van der Waals surface area (Å²) in [5, 5.41) is 5.81. The van der Waals surface area contributed by atoms with Gasteiger partial charge in [-0.15, -0.1) is 0 Å². The van der Waals surface area contributed by atoms with Gasteiger partial charge in [-0.1, -0.05) is 36.8 Å². The summed E-state index contributed by atoms with van der Waals surface area (Å²) >= 11 is 0. The molecule has 7 heteroatoms. The Morgan fingerprint density at radius 1 is 1.09 bits per heavy atom. The summed E-state index contributed by atoms with van der Waals surface area (Å²) in [5.74, 6) is -0.788. The Balaban J connectivity index is 1.51. The lowest BCUT2D eigenvalue weighted by atomic mass is 9.97. The molecule has 0 spiro atoms. The van der Waals surface area contributed by atoms with Crippen molar-refractivity contribution in [3.8, 4) is 0 Å². The SMILES string of the molecule is O=C1CCCC[C@@H]2[C@H](C[C@@H](Cc3cccc(F)c3)N2C(=O)CNC(=O)c2ccccc2)N1. The van der Waals surface area contributed by atoms with Crippen LogP contribution in [-0.2, 0) is 16.0 Å². The van der Waals surface area contributed by atoms with Crippen molar-refractivity contribution in [3.05, 3.63) is 71.5 Å². The van der Waals surface area contributed by atoms with Crippen LogP contribution in [0.4, 0.5) is 4.39 Å². The molecule has 32 heavy (non-hydrogen) atoms. The van der Waals surface area contributed by atoms with E-state index in [1.54, 1.807) is 30.3 Å². The second-order valence-electron chi connectivity index (χ2n) is 8.56. The molecule has 3 amide bonds. The minimum Gasteiger partial charge on any atom is -0.351 e. The van der Waals surface area contributed by atoms with Crippen molar-refractivity contribution in [1.29, 1.82) is 0 Å². The highest BCUT2D eigenvalue weighted by Crippen LogP contribution is 2.32. The Morgan fingerprint density at radius 3 is 2.69 bits per heavy atom. The van der Waals surface area contributed by atoms with E-state index in [4.69, 9.17) is 0 Å². The quantitative estimate of drug-likeness (QED) is 0.755. The Hall–Kier alpha value is -3.22.